The van der Waals surface area contributed by atoms with Gasteiger partial charge in [0.05, 0.1) is 16.7 Å². The second-order valence-corrected chi connectivity index (χ2v) is 4.75. The van der Waals surface area contributed by atoms with Gasteiger partial charge in [-0.3, -0.25) is 0 Å². The molecule has 0 amide bonds. The standard InChI is InChI=1S/C13H11F9/c1-3-6(2)7-4-5-8(11(14,15)16)10(13(20,21)22)9(7)12(17,18)19/h4-6H,3H2,1-2H3. The van der Waals surface area contributed by atoms with Gasteiger partial charge in [0, 0.05) is 0 Å². The van der Waals surface area contributed by atoms with Crippen molar-refractivity contribution >= 4 is 0 Å². The topological polar surface area (TPSA) is 0 Å². The van der Waals surface area contributed by atoms with Crippen molar-refractivity contribution in [2.75, 3.05) is 0 Å². The Balaban J connectivity index is 3.92. The first-order valence-corrected chi connectivity index (χ1v) is 6.09. The first-order chi connectivity index (χ1) is 9.71. The Morgan fingerprint density at radius 1 is 0.773 bits per heavy atom. The molecule has 1 aromatic carbocycles. The zero-order valence-corrected chi connectivity index (χ0v) is 11.3. The van der Waals surface area contributed by atoms with E-state index in [0.717, 1.165) is 0 Å². The van der Waals surface area contributed by atoms with E-state index >= 15 is 0 Å². The third-order valence-corrected chi connectivity index (χ3v) is 3.25. The highest BCUT2D eigenvalue weighted by Gasteiger charge is 2.51. The Morgan fingerprint density at radius 3 is 1.55 bits per heavy atom. The summed E-state index contributed by atoms with van der Waals surface area (Å²) in [6.07, 6.45) is -16.8. The van der Waals surface area contributed by atoms with Gasteiger partial charge in [0.25, 0.3) is 0 Å². The van der Waals surface area contributed by atoms with Gasteiger partial charge in [-0.15, -0.1) is 0 Å². The van der Waals surface area contributed by atoms with Crippen LogP contribution in [0.5, 0.6) is 0 Å². The Bertz CT molecular complexity index is 534. The molecule has 1 aromatic rings. The molecule has 0 radical (unpaired) electrons. The number of alkyl halides is 9. The van der Waals surface area contributed by atoms with Crippen molar-refractivity contribution in [1.29, 1.82) is 0 Å². The number of hydrogen-bond acceptors (Lipinski definition) is 0. The van der Waals surface area contributed by atoms with Crippen LogP contribution in [0.15, 0.2) is 12.1 Å². The van der Waals surface area contributed by atoms with E-state index in [1.165, 1.54) is 13.8 Å². The molecule has 0 heterocycles. The van der Waals surface area contributed by atoms with E-state index in [1.807, 2.05) is 0 Å². The Hall–Kier alpha value is -1.41. The van der Waals surface area contributed by atoms with Gasteiger partial charge in [0.15, 0.2) is 0 Å². The molecule has 0 saturated heterocycles. The van der Waals surface area contributed by atoms with E-state index in [1.54, 1.807) is 0 Å². The van der Waals surface area contributed by atoms with Crippen molar-refractivity contribution < 1.29 is 39.5 Å². The van der Waals surface area contributed by atoms with Crippen molar-refractivity contribution in [2.45, 2.75) is 44.7 Å². The van der Waals surface area contributed by atoms with Crippen molar-refractivity contribution in [3.05, 3.63) is 34.4 Å². The SMILES string of the molecule is CCC(C)c1ccc(C(F)(F)F)c(C(F)(F)F)c1C(F)(F)F. The molecule has 1 atom stereocenters. The van der Waals surface area contributed by atoms with E-state index in [-0.39, 0.29) is 12.5 Å². The van der Waals surface area contributed by atoms with Crippen LogP contribution in [-0.4, -0.2) is 0 Å². The summed E-state index contributed by atoms with van der Waals surface area (Å²) in [7, 11) is 0. The normalized spacial score (nSPS) is 15.0. The smallest absolute Gasteiger partial charge is 0.166 e. The average Bonchev–Trinajstić information content (AvgIpc) is 2.32. The molecular formula is C13H11F9. The minimum atomic E-state index is -5.78. The molecule has 0 nitrogen and oxygen atoms in total. The lowest BCUT2D eigenvalue weighted by Crippen LogP contribution is -2.25. The van der Waals surface area contributed by atoms with Crippen LogP contribution < -0.4 is 0 Å². The van der Waals surface area contributed by atoms with Crippen LogP contribution in [0, 0.1) is 0 Å². The zero-order chi connectivity index (χ0) is 17.5. The summed E-state index contributed by atoms with van der Waals surface area (Å²) >= 11 is 0. The molecule has 0 aliphatic carbocycles. The fourth-order valence-corrected chi connectivity index (χ4v) is 2.09. The molecule has 0 fully saturated rings. The lowest BCUT2D eigenvalue weighted by molar-refractivity contribution is -0.175. The summed E-state index contributed by atoms with van der Waals surface area (Å²) in [5, 5.41) is 0. The molecule has 0 saturated carbocycles. The van der Waals surface area contributed by atoms with Gasteiger partial charge >= 0.3 is 18.5 Å². The first kappa shape index (κ1) is 18.6. The minimum Gasteiger partial charge on any atom is -0.166 e. The molecular weight excluding hydrogens is 327 g/mol. The molecule has 0 aliphatic rings. The third kappa shape index (κ3) is 3.67. The largest absolute Gasteiger partial charge is 0.417 e. The first-order valence-electron chi connectivity index (χ1n) is 6.09. The maximum atomic E-state index is 13.0. The second kappa shape index (κ2) is 5.66. The minimum absolute atomic E-state index is 0.0474. The highest BCUT2D eigenvalue weighted by atomic mass is 19.4. The van der Waals surface area contributed by atoms with Crippen LogP contribution in [0.1, 0.15) is 48.4 Å². The number of halogens is 9. The lowest BCUT2D eigenvalue weighted by Gasteiger charge is -2.25. The second-order valence-electron chi connectivity index (χ2n) is 4.75. The summed E-state index contributed by atoms with van der Waals surface area (Å²) in [6.45, 7) is 2.65. The predicted molar refractivity (Wildman–Crippen MR) is 60.2 cm³/mol. The summed E-state index contributed by atoms with van der Waals surface area (Å²) in [5.74, 6) is -0.972. The molecule has 0 aliphatic heterocycles. The van der Waals surface area contributed by atoms with E-state index in [9.17, 15) is 39.5 Å². The zero-order valence-electron chi connectivity index (χ0n) is 11.3. The maximum Gasteiger partial charge on any atom is 0.417 e. The lowest BCUT2D eigenvalue weighted by atomic mass is 9.87. The number of rotatable bonds is 2. The molecule has 0 bridgehead atoms. The number of hydrogen-bond donors (Lipinski definition) is 0. The van der Waals surface area contributed by atoms with Crippen LogP contribution in [0.3, 0.4) is 0 Å². The molecule has 0 aromatic heterocycles. The molecule has 0 spiro atoms. The summed E-state index contributed by atoms with van der Waals surface area (Å²) in [6, 6.07) is 0.522. The molecule has 9 heteroatoms. The molecule has 22 heavy (non-hydrogen) atoms. The molecule has 126 valence electrons. The fourth-order valence-electron chi connectivity index (χ4n) is 2.09. The quantitative estimate of drug-likeness (QED) is 0.559. The summed E-state index contributed by atoms with van der Waals surface area (Å²) in [4.78, 5) is 0. The molecule has 1 rings (SSSR count). The monoisotopic (exact) mass is 338 g/mol. The van der Waals surface area contributed by atoms with Crippen LogP contribution in [0.2, 0.25) is 0 Å². The van der Waals surface area contributed by atoms with Crippen molar-refractivity contribution in [1.82, 2.24) is 0 Å². The Labute approximate surface area is 119 Å². The van der Waals surface area contributed by atoms with Gasteiger partial charge in [-0.2, -0.15) is 39.5 Å². The number of benzene rings is 1. The van der Waals surface area contributed by atoms with Gasteiger partial charge < -0.3 is 0 Å². The van der Waals surface area contributed by atoms with Gasteiger partial charge in [0.2, 0.25) is 0 Å². The van der Waals surface area contributed by atoms with Crippen LogP contribution in [0.25, 0.3) is 0 Å². The fraction of sp³-hybridized carbons (Fsp3) is 0.538. The van der Waals surface area contributed by atoms with Crippen molar-refractivity contribution in [3.8, 4) is 0 Å². The molecule has 0 N–H and O–H groups in total. The predicted octanol–water partition coefficient (Wildman–Crippen LogP) is 6.26. The van der Waals surface area contributed by atoms with Crippen molar-refractivity contribution in [3.63, 3.8) is 0 Å². The molecule has 1 unspecified atom stereocenters. The van der Waals surface area contributed by atoms with E-state index < -0.39 is 46.7 Å². The summed E-state index contributed by atoms with van der Waals surface area (Å²) < 4.78 is 116. The van der Waals surface area contributed by atoms with Crippen LogP contribution >= 0.6 is 0 Å². The van der Waals surface area contributed by atoms with Crippen molar-refractivity contribution in [2.24, 2.45) is 0 Å². The van der Waals surface area contributed by atoms with E-state index in [4.69, 9.17) is 0 Å². The van der Waals surface area contributed by atoms with Crippen LogP contribution in [0.4, 0.5) is 39.5 Å². The Kier molecular flexibility index (Phi) is 4.79. The van der Waals surface area contributed by atoms with E-state index in [0.29, 0.717) is 6.07 Å². The van der Waals surface area contributed by atoms with Gasteiger partial charge in [0.1, 0.15) is 0 Å². The highest BCUT2D eigenvalue weighted by molar-refractivity contribution is 5.47. The maximum absolute atomic E-state index is 13.0. The van der Waals surface area contributed by atoms with Gasteiger partial charge in [-0.05, 0) is 24.0 Å². The Morgan fingerprint density at radius 2 is 1.23 bits per heavy atom. The highest BCUT2D eigenvalue weighted by Crippen LogP contribution is 2.49. The third-order valence-electron chi connectivity index (χ3n) is 3.25. The average molecular weight is 338 g/mol. The van der Waals surface area contributed by atoms with Gasteiger partial charge in [-0.1, -0.05) is 19.9 Å². The van der Waals surface area contributed by atoms with Crippen LogP contribution in [-0.2, 0) is 18.5 Å². The summed E-state index contributed by atoms with van der Waals surface area (Å²) in [5.41, 5.74) is -8.07. The van der Waals surface area contributed by atoms with Gasteiger partial charge in [-0.25, -0.2) is 0 Å². The van der Waals surface area contributed by atoms with E-state index in [2.05, 4.69) is 0 Å².